The van der Waals surface area contributed by atoms with Crippen molar-refractivity contribution >= 4 is 34.0 Å². The molecule has 26 heavy (non-hydrogen) atoms. The van der Waals surface area contributed by atoms with E-state index in [-0.39, 0.29) is 5.02 Å². The van der Waals surface area contributed by atoms with Crippen molar-refractivity contribution in [2.24, 2.45) is 0 Å². The van der Waals surface area contributed by atoms with Crippen molar-refractivity contribution in [2.75, 3.05) is 32.6 Å². The normalized spacial score (nSPS) is 11.1. The molecule has 0 amide bonds. The summed E-state index contributed by atoms with van der Waals surface area (Å²) in [6.45, 7) is 1.60. The van der Waals surface area contributed by atoms with Gasteiger partial charge in [-0.1, -0.05) is 11.6 Å². The van der Waals surface area contributed by atoms with Crippen molar-refractivity contribution in [3.8, 4) is 5.75 Å². The Bertz CT molecular complexity index is 904. The van der Waals surface area contributed by atoms with Crippen molar-refractivity contribution in [3.63, 3.8) is 0 Å². The minimum atomic E-state index is -0.460. The summed E-state index contributed by atoms with van der Waals surface area (Å²) in [6.07, 6.45) is 2.42. The summed E-state index contributed by atoms with van der Waals surface area (Å²) in [5, 5.41) is 4.03. The minimum Gasteiger partial charge on any atom is -0.494 e. The molecule has 1 N–H and O–H groups in total. The summed E-state index contributed by atoms with van der Waals surface area (Å²) < 4.78 is 19.2. The molecule has 3 aromatic rings. The molecular formula is C19H20ClFN4O. The van der Waals surface area contributed by atoms with Crippen molar-refractivity contribution < 1.29 is 9.13 Å². The van der Waals surface area contributed by atoms with E-state index >= 15 is 0 Å². The summed E-state index contributed by atoms with van der Waals surface area (Å²) in [6, 6.07) is 10.1. The Hall–Kier alpha value is -2.44. The van der Waals surface area contributed by atoms with Crippen LogP contribution in [0.4, 0.5) is 15.9 Å². The van der Waals surface area contributed by atoms with Gasteiger partial charge in [0.2, 0.25) is 0 Å². The first-order chi connectivity index (χ1) is 12.5. The van der Waals surface area contributed by atoms with E-state index in [4.69, 9.17) is 16.3 Å². The molecular weight excluding hydrogens is 355 g/mol. The van der Waals surface area contributed by atoms with Crippen LogP contribution in [-0.2, 0) is 0 Å². The van der Waals surface area contributed by atoms with Gasteiger partial charge in [-0.15, -0.1) is 0 Å². The molecule has 0 aliphatic rings. The monoisotopic (exact) mass is 374 g/mol. The molecule has 0 aliphatic carbocycles. The molecule has 7 heteroatoms. The topological polar surface area (TPSA) is 50.3 Å². The first kappa shape index (κ1) is 18.4. The number of nitrogens with one attached hydrogen (secondary N) is 1. The van der Waals surface area contributed by atoms with Gasteiger partial charge in [0.15, 0.2) is 0 Å². The van der Waals surface area contributed by atoms with E-state index in [1.165, 1.54) is 18.5 Å². The van der Waals surface area contributed by atoms with E-state index in [1.807, 2.05) is 32.3 Å². The van der Waals surface area contributed by atoms with E-state index in [1.54, 1.807) is 6.07 Å². The van der Waals surface area contributed by atoms with Crippen LogP contribution in [0.2, 0.25) is 5.02 Å². The van der Waals surface area contributed by atoms with E-state index in [9.17, 15) is 4.39 Å². The highest BCUT2D eigenvalue weighted by Crippen LogP contribution is 2.28. The fraction of sp³-hybridized carbons (Fsp3) is 0.263. The molecule has 0 aliphatic heterocycles. The lowest BCUT2D eigenvalue weighted by atomic mass is 10.2. The van der Waals surface area contributed by atoms with E-state index in [2.05, 4.69) is 20.2 Å². The largest absolute Gasteiger partial charge is 0.494 e. The number of nitrogens with zero attached hydrogens (tertiary/aromatic N) is 3. The molecule has 1 aromatic heterocycles. The zero-order chi connectivity index (χ0) is 18.5. The maximum atomic E-state index is 13.3. The average Bonchev–Trinajstić information content (AvgIpc) is 2.62. The van der Waals surface area contributed by atoms with Gasteiger partial charge >= 0.3 is 0 Å². The predicted octanol–water partition coefficient (Wildman–Crippen LogP) is 4.50. The standard InChI is InChI=1S/C19H20ClFN4O/c1-25(2)8-3-9-26-14-5-7-18-15(11-14)19(23-12-22-18)24-13-4-6-17(21)16(20)10-13/h4-7,10-12H,3,8-9H2,1-2H3,(H,22,23,24). The van der Waals surface area contributed by atoms with Crippen LogP contribution in [0, 0.1) is 5.82 Å². The highest BCUT2D eigenvalue weighted by atomic mass is 35.5. The zero-order valence-electron chi connectivity index (χ0n) is 14.7. The number of benzene rings is 2. The SMILES string of the molecule is CN(C)CCCOc1ccc2ncnc(Nc3ccc(F)c(Cl)c3)c2c1. The van der Waals surface area contributed by atoms with Crippen LogP contribution in [0.5, 0.6) is 5.75 Å². The molecule has 0 atom stereocenters. The molecule has 1 heterocycles. The fourth-order valence-electron chi connectivity index (χ4n) is 2.51. The Kier molecular flexibility index (Phi) is 5.85. The van der Waals surface area contributed by atoms with Crippen molar-refractivity contribution in [1.82, 2.24) is 14.9 Å². The Morgan fingerprint density at radius 1 is 1.15 bits per heavy atom. The quantitative estimate of drug-likeness (QED) is 0.617. The Morgan fingerprint density at radius 2 is 2.00 bits per heavy atom. The summed E-state index contributed by atoms with van der Waals surface area (Å²) in [7, 11) is 4.07. The van der Waals surface area contributed by atoms with Gasteiger partial charge in [0, 0.05) is 17.6 Å². The van der Waals surface area contributed by atoms with Crippen LogP contribution >= 0.6 is 11.6 Å². The number of ether oxygens (including phenoxy) is 1. The van der Waals surface area contributed by atoms with Crippen LogP contribution in [0.25, 0.3) is 10.9 Å². The summed E-state index contributed by atoms with van der Waals surface area (Å²) in [5.41, 5.74) is 1.44. The van der Waals surface area contributed by atoms with Crippen molar-refractivity contribution in [1.29, 1.82) is 0 Å². The Labute approximate surface area is 156 Å². The van der Waals surface area contributed by atoms with Gasteiger partial charge in [-0.3, -0.25) is 0 Å². The second kappa shape index (κ2) is 8.29. The number of hydrogen-bond acceptors (Lipinski definition) is 5. The highest BCUT2D eigenvalue weighted by molar-refractivity contribution is 6.31. The van der Waals surface area contributed by atoms with Crippen LogP contribution in [0.3, 0.4) is 0 Å². The van der Waals surface area contributed by atoms with Gasteiger partial charge in [-0.05, 0) is 56.9 Å². The molecule has 0 bridgehead atoms. The van der Waals surface area contributed by atoms with Gasteiger partial charge in [0.25, 0.3) is 0 Å². The first-order valence-corrected chi connectivity index (χ1v) is 8.65. The zero-order valence-corrected chi connectivity index (χ0v) is 15.4. The van der Waals surface area contributed by atoms with E-state index in [0.29, 0.717) is 18.1 Å². The second-order valence-electron chi connectivity index (χ2n) is 6.16. The van der Waals surface area contributed by atoms with Crippen LogP contribution in [0.15, 0.2) is 42.7 Å². The maximum absolute atomic E-state index is 13.3. The van der Waals surface area contributed by atoms with Crippen LogP contribution in [-0.4, -0.2) is 42.1 Å². The van der Waals surface area contributed by atoms with Gasteiger partial charge in [0.1, 0.15) is 23.7 Å². The van der Waals surface area contributed by atoms with Gasteiger partial charge in [0.05, 0.1) is 17.1 Å². The molecule has 0 saturated carbocycles. The molecule has 0 spiro atoms. The number of fused-ring (bicyclic) bond motifs is 1. The molecule has 0 saturated heterocycles. The Morgan fingerprint density at radius 3 is 2.77 bits per heavy atom. The highest BCUT2D eigenvalue weighted by Gasteiger charge is 2.08. The lowest BCUT2D eigenvalue weighted by Crippen LogP contribution is -2.15. The molecule has 2 aromatic carbocycles. The number of hydrogen-bond donors (Lipinski definition) is 1. The van der Waals surface area contributed by atoms with Crippen LogP contribution < -0.4 is 10.1 Å². The van der Waals surface area contributed by atoms with Crippen molar-refractivity contribution in [3.05, 3.63) is 53.6 Å². The fourth-order valence-corrected chi connectivity index (χ4v) is 2.69. The third kappa shape index (κ3) is 4.59. The van der Waals surface area contributed by atoms with Gasteiger partial charge < -0.3 is 15.0 Å². The number of anilines is 2. The van der Waals surface area contributed by atoms with Gasteiger partial charge in [-0.2, -0.15) is 0 Å². The third-order valence-electron chi connectivity index (χ3n) is 3.81. The molecule has 136 valence electrons. The molecule has 3 rings (SSSR count). The number of halogens is 2. The predicted molar refractivity (Wildman–Crippen MR) is 103 cm³/mol. The van der Waals surface area contributed by atoms with E-state index < -0.39 is 5.82 Å². The minimum absolute atomic E-state index is 0.0540. The van der Waals surface area contributed by atoms with Crippen LogP contribution in [0.1, 0.15) is 6.42 Å². The second-order valence-corrected chi connectivity index (χ2v) is 6.57. The number of aromatic nitrogens is 2. The van der Waals surface area contributed by atoms with Gasteiger partial charge in [-0.25, -0.2) is 14.4 Å². The first-order valence-electron chi connectivity index (χ1n) is 8.27. The maximum Gasteiger partial charge on any atom is 0.141 e. The lowest BCUT2D eigenvalue weighted by Gasteiger charge is -2.12. The summed E-state index contributed by atoms with van der Waals surface area (Å²) >= 11 is 5.85. The smallest absolute Gasteiger partial charge is 0.141 e. The average molecular weight is 375 g/mol. The molecule has 0 radical (unpaired) electrons. The summed E-state index contributed by atoms with van der Waals surface area (Å²) in [5.74, 6) is 0.904. The molecule has 0 unspecified atom stereocenters. The van der Waals surface area contributed by atoms with Crippen molar-refractivity contribution in [2.45, 2.75) is 6.42 Å². The Balaban J connectivity index is 1.81. The lowest BCUT2D eigenvalue weighted by molar-refractivity contribution is 0.282. The number of rotatable bonds is 7. The summed E-state index contributed by atoms with van der Waals surface area (Å²) in [4.78, 5) is 10.7. The van der Waals surface area contributed by atoms with E-state index in [0.717, 1.165) is 29.6 Å². The molecule has 0 fully saturated rings. The molecule has 5 nitrogen and oxygen atoms in total. The third-order valence-corrected chi connectivity index (χ3v) is 4.10.